The van der Waals surface area contributed by atoms with Crippen molar-refractivity contribution >= 4 is 38.5 Å². The summed E-state index contributed by atoms with van der Waals surface area (Å²) < 4.78 is 31.8. The summed E-state index contributed by atoms with van der Waals surface area (Å²) in [5, 5.41) is 4.99. The molecule has 248 valence electrons. The van der Waals surface area contributed by atoms with Crippen LogP contribution in [0.2, 0.25) is 5.04 Å². The van der Waals surface area contributed by atoms with E-state index >= 15 is 0 Å². The Morgan fingerprint density at radius 1 is 0.936 bits per heavy atom. The zero-order valence-corrected chi connectivity index (χ0v) is 30.2. The second-order valence-corrected chi connectivity index (χ2v) is 18.2. The van der Waals surface area contributed by atoms with E-state index in [1.165, 1.54) is 19.0 Å². The molecule has 4 rings (SSSR count). The SMILES string of the molecule is COC(=O)C[C@@H](C=[P+]([O-])OCNCc1c(C)cc(C)cc1-c1ccc(F)c(C)c1)O[Si](c1ccccc1)(c1ccccc1)C(C)(C)C. The van der Waals surface area contributed by atoms with E-state index < -0.39 is 28.4 Å². The Kier molecular flexibility index (Phi) is 12.4. The summed E-state index contributed by atoms with van der Waals surface area (Å²) in [7, 11) is -4.05. The van der Waals surface area contributed by atoms with Crippen LogP contribution in [0.1, 0.15) is 49.4 Å². The average Bonchev–Trinajstić information content (AvgIpc) is 3.03. The van der Waals surface area contributed by atoms with Gasteiger partial charge in [0.2, 0.25) is 8.00 Å². The lowest BCUT2D eigenvalue weighted by molar-refractivity contribution is -0.172. The van der Waals surface area contributed by atoms with Crippen molar-refractivity contribution < 1.29 is 27.8 Å². The van der Waals surface area contributed by atoms with Gasteiger partial charge in [-0.05, 0) is 76.1 Å². The zero-order valence-electron chi connectivity index (χ0n) is 28.3. The Labute approximate surface area is 280 Å². The van der Waals surface area contributed by atoms with E-state index in [1.54, 1.807) is 13.0 Å². The molecule has 0 radical (unpaired) electrons. The van der Waals surface area contributed by atoms with Crippen molar-refractivity contribution in [2.75, 3.05) is 13.8 Å². The molecule has 0 fully saturated rings. The number of esters is 1. The van der Waals surface area contributed by atoms with Gasteiger partial charge in [-0.1, -0.05) is 105 Å². The van der Waals surface area contributed by atoms with Crippen LogP contribution < -0.4 is 20.6 Å². The first-order valence-electron chi connectivity index (χ1n) is 15.7. The number of hydrogen-bond acceptors (Lipinski definition) is 6. The molecule has 0 saturated heterocycles. The van der Waals surface area contributed by atoms with Crippen LogP contribution in [0.4, 0.5) is 4.39 Å². The Hall–Kier alpha value is -3.49. The van der Waals surface area contributed by atoms with Gasteiger partial charge in [-0.25, -0.2) is 4.39 Å². The summed E-state index contributed by atoms with van der Waals surface area (Å²) in [5.41, 5.74) is 5.75. The molecule has 6 nitrogen and oxygen atoms in total. The smallest absolute Gasteiger partial charge is 0.308 e. The van der Waals surface area contributed by atoms with Crippen molar-refractivity contribution in [3.8, 4) is 11.1 Å². The van der Waals surface area contributed by atoms with Crippen molar-refractivity contribution in [1.82, 2.24) is 5.32 Å². The Morgan fingerprint density at radius 3 is 2.11 bits per heavy atom. The maximum Gasteiger partial charge on any atom is 0.308 e. The Morgan fingerprint density at radius 2 is 1.55 bits per heavy atom. The van der Waals surface area contributed by atoms with Crippen molar-refractivity contribution in [1.29, 1.82) is 0 Å². The molecule has 2 atom stereocenters. The molecule has 47 heavy (non-hydrogen) atoms. The fourth-order valence-electron chi connectivity index (χ4n) is 6.06. The molecular formula is C38H45FNO5PSi. The third kappa shape index (κ3) is 8.90. The van der Waals surface area contributed by atoms with E-state index in [0.717, 1.165) is 38.2 Å². The van der Waals surface area contributed by atoms with Gasteiger partial charge < -0.3 is 14.1 Å². The van der Waals surface area contributed by atoms with Gasteiger partial charge in [-0.2, -0.15) is 4.52 Å². The highest BCUT2D eigenvalue weighted by Crippen LogP contribution is 2.38. The summed E-state index contributed by atoms with van der Waals surface area (Å²) in [6.07, 6.45) is -0.938. The van der Waals surface area contributed by atoms with Gasteiger partial charge in [0.05, 0.1) is 13.5 Å². The van der Waals surface area contributed by atoms with Crippen LogP contribution in [0.3, 0.4) is 0 Å². The van der Waals surface area contributed by atoms with Gasteiger partial charge >= 0.3 is 5.97 Å². The van der Waals surface area contributed by atoms with Crippen LogP contribution in [0.15, 0.2) is 91.0 Å². The van der Waals surface area contributed by atoms with Crippen molar-refractivity contribution in [3.63, 3.8) is 0 Å². The van der Waals surface area contributed by atoms with Crippen LogP contribution >= 0.6 is 8.00 Å². The lowest BCUT2D eigenvalue weighted by atomic mass is 9.93. The van der Waals surface area contributed by atoms with Gasteiger partial charge in [-0.3, -0.25) is 10.1 Å². The minimum Gasteiger partial charge on any atom is -0.603 e. The average molecular weight is 674 g/mol. The molecule has 0 bridgehead atoms. The number of carbonyl (C=O) groups is 1. The predicted molar refractivity (Wildman–Crippen MR) is 191 cm³/mol. The molecule has 1 unspecified atom stereocenters. The number of aryl methyl sites for hydroxylation is 3. The van der Waals surface area contributed by atoms with Crippen LogP contribution in [-0.4, -0.2) is 40.0 Å². The first-order chi connectivity index (χ1) is 22.4. The normalized spacial score (nSPS) is 13.0. The number of methoxy groups -OCH3 is 1. The zero-order chi connectivity index (χ0) is 34.2. The van der Waals surface area contributed by atoms with Gasteiger partial charge in [0.1, 0.15) is 24.4 Å². The summed E-state index contributed by atoms with van der Waals surface area (Å²) in [5.74, 6) is 0.775. The van der Waals surface area contributed by atoms with Crippen molar-refractivity contribution in [2.24, 2.45) is 0 Å². The monoisotopic (exact) mass is 673 g/mol. The van der Waals surface area contributed by atoms with Crippen LogP contribution in [-0.2, 0) is 25.0 Å². The maximum atomic E-state index is 14.0. The minimum absolute atomic E-state index is 0.00502. The van der Waals surface area contributed by atoms with Crippen LogP contribution in [0.25, 0.3) is 11.1 Å². The number of hydrogen-bond donors (Lipinski definition) is 1. The molecule has 0 saturated carbocycles. The van der Waals surface area contributed by atoms with E-state index in [-0.39, 0.29) is 24.0 Å². The molecule has 0 spiro atoms. The number of halogens is 1. The summed E-state index contributed by atoms with van der Waals surface area (Å²) >= 11 is 0. The summed E-state index contributed by atoms with van der Waals surface area (Å²) in [4.78, 5) is 26.0. The number of nitrogens with one attached hydrogen (secondary N) is 1. The molecular weight excluding hydrogens is 628 g/mol. The quantitative estimate of drug-likeness (QED) is 0.0577. The molecule has 0 amide bonds. The standard InChI is InChI=1S/C38H45FNO5PSi/c1-27-20-28(2)35(34(21-27)30-18-19-36(39)29(3)22-30)24-40-26-44-46(42)25-31(23-37(41)43-7)45-47(38(4,5)6,32-14-10-8-11-15-32)33-16-12-9-13-17-33/h8-22,25,31,40H,23-24,26H2,1-7H3/t31-/m0/s1. The number of rotatable bonds is 13. The van der Waals surface area contributed by atoms with Gasteiger partial charge in [0.25, 0.3) is 8.32 Å². The van der Waals surface area contributed by atoms with Crippen LogP contribution in [0.5, 0.6) is 0 Å². The van der Waals surface area contributed by atoms with Gasteiger partial charge in [-0.15, -0.1) is 0 Å². The molecule has 0 aliphatic carbocycles. The van der Waals surface area contributed by atoms with Crippen molar-refractivity contribution in [3.05, 3.63) is 119 Å². The molecule has 0 aliphatic rings. The lowest BCUT2D eigenvalue weighted by Crippen LogP contribution is -2.68. The van der Waals surface area contributed by atoms with Crippen molar-refractivity contribution in [2.45, 2.75) is 65.7 Å². The van der Waals surface area contributed by atoms with E-state index in [2.05, 4.69) is 62.5 Å². The highest BCUT2D eigenvalue weighted by atomic mass is 31.1. The highest BCUT2D eigenvalue weighted by Gasteiger charge is 2.51. The molecule has 9 heteroatoms. The summed E-state index contributed by atoms with van der Waals surface area (Å²) in [6.45, 7) is 12.7. The van der Waals surface area contributed by atoms with E-state index in [1.807, 2.05) is 56.3 Å². The Balaban J connectivity index is 1.58. The largest absolute Gasteiger partial charge is 0.603 e. The van der Waals surface area contributed by atoms with E-state index in [4.69, 9.17) is 13.7 Å². The third-order valence-corrected chi connectivity index (χ3v) is 14.3. The second-order valence-electron chi connectivity index (χ2n) is 12.8. The van der Waals surface area contributed by atoms with Crippen LogP contribution in [0, 0.1) is 26.6 Å². The fourth-order valence-corrected chi connectivity index (χ4v) is 11.5. The number of ether oxygens (including phenoxy) is 1. The molecule has 0 aromatic heterocycles. The van der Waals surface area contributed by atoms with Gasteiger partial charge in [0.15, 0.2) is 0 Å². The first kappa shape index (κ1) is 36.3. The maximum absolute atomic E-state index is 14.0. The molecule has 0 aliphatic heterocycles. The summed E-state index contributed by atoms with van der Waals surface area (Å²) in [6, 6.07) is 29.5. The first-order valence-corrected chi connectivity index (χ1v) is 18.9. The lowest BCUT2D eigenvalue weighted by Gasteiger charge is -2.44. The molecule has 1 N–H and O–H groups in total. The third-order valence-electron chi connectivity index (χ3n) is 8.31. The minimum atomic E-state index is -3.06. The van der Waals surface area contributed by atoms with Gasteiger partial charge in [0, 0.05) is 6.54 Å². The topological polar surface area (TPSA) is 79.9 Å². The fraction of sp³-hybridized carbons (Fsp3) is 0.316. The second kappa shape index (κ2) is 16.1. The molecule has 4 aromatic rings. The Bertz CT molecular complexity index is 1650. The predicted octanol–water partition coefficient (Wildman–Crippen LogP) is 6.46. The molecule has 4 aromatic carbocycles. The van der Waals surface area contributed by atoms with E-state index in [0.29, 0.717) is 12.1 Å². The number of benzene rings is 4. The van der Waals surface area contributed by atoms with E-state index in [9.17, 15) is 14.1 Å². The highest BCUT2D eigenvalue weighted by molar-refractivity contribution is 7.44. The number of carbonyl (C=O) groups excluding carboxylic acids is 1. The molecule has 0 heterocycles.